The van der Waals surface area contributed by atoms with Gasteiger partial charge in [0, 0.05) is 0 Å². The molecule has 0 saturated carbocycles. The van der Waals surface area contributed by atoms with Gasteiger partial charge in [0.25, 0.3) is 0 Å². The highest BCUT2D eigenvalue weighted by Crippen LogP contribution is 2.39. The molecule has 0 saturated heterocycles. The Bertz CT molecular complexity index is 1100. The Balaban J connectivity index is 2.07. The molecule has 0 amide bonds. The van der Waals surface area contributed by atoms with Crippen molar-refractivity contribution in [2.24, 2.45) is 0 Å². The molecule has 5 aromatic rings. The fraction of sp³-hybridized carbons (Fsp3) is 0. The first kappa shape index (κ1) is 11.8. The number of benzene rings is 5. The van der Waals surface area contributed by atoms with Gasteiger partial charge in [-0.2, -0.15) is 0 Å². The minimum atomic E-state index is 1.22. The molecule has 0 bridgehead atoms. The van der Waals surface area contributed by atoms with Crippen molar-refractivity contribution in [3.8, 4) is 11.1 Å². The topological polar surface area (TPSA) is 0 Å². The van der Waals surface area contributed by atoms with Crippen molar-refractivity contribution < 1.29 is 0 Å². The van der Waals surface area contributed by atoms with Crippen LogP contribution in [0.15, 0.2) is 78.9 Å². The first-order valence-electron chi connectivity index (χ1n) is 7.55. The Kier molecular flexibility index (Phi) is 2.31. The van der Waals surface area contributed by atoms with E-state index in [4.69, 9.17) is 0 Å². The van der Waals surface area contributed by atoms with Crippen LogP contribution in [0, 0.1) is 6.07 Å². The Morgan fingerprint density at radius 3 is 2.23 bits per heavy atom. The van der Waals surface area contributed by atoms with Crippen molar-refractivity contribution in [3.63, 3.8) is 0 Å². The van der Waals surface area contributed by atoms with Gasteiger partial charge in [-0.15, -0.1) is 0 Å². The Morgan fingerprint density at radius 1 is 0.591 bits per heavy atom. The molecule has 0 aliphatic carbocycles. The summed E-state index contributed by atoms with van der Waals surface area (Å²) < 4.78 is 0. The van der Waals surface area contributed by atoms with E-state index in [9.17, 15) is 0 Å². The normalized spacial score (nSPS) is 11.6. The van der Waals surface area contributed by atoms with E-state index in [-0.39, 0.29) is 0 Å². The molecule has 22 heavy (non-hydrogen) atoms. The van der Waals surface area contributed by atoms with Crippen LogP contribution in [0.5, 0.6) is 0 Å². The van der Waals surface area contributed by atoms with Gasteiger partial charge < -0.3 is 0 Å². The molecule has 0 spiro atoms. The largest absolute Gasteiger partial charge is 0.0622 e. The lowest BCUT2D eigenvalue weighted by Crippen LogP contribution is -1.87. The summed E-state index contributed by atoms with van der Waals surface area (Å²) in [5, 5.41) is 7.79. The van der Waals surface area contributed by atoms with E-state index in [0.29, 0.717) is 0 Å². The van der Waals surface area contributed by atoms with E-state index in [0.717, 1.165) is 0 Å². The van der Waals surface area contributed by atoms with Gasteiger partial charge in [-0.3, -0.25) is 0 Å². The highest BCUT2D eigenvalue weighted by atomic mass is 14.1. The fourth-order valence-electron chi connectivity index (χ4n) is 3.52. The lowest BCUT2D eigenvalue weighted by molar-refractivity contribution is 1.67. The van der Waals surface area contributed by atoms with Crippen LogP contribution in [0.4, 0.5) is 0 Å². The van der Waals surface area contributed by atoms with Gasteiger partial charge in [-0.25, -0.2) is 0 Å². The Hall–Kier alpha value is -2.86. The average Bonchev–Trinajstić information content (AvgIpc) is 2.60. The first-order valence-corrected chi connectivity index (χ1v) is 7.55. The zero-order valence-electron chi connectivity index (χ0n) is 12.0. The predicted molar refractivity (Wildman–Crippen MR) is 94.4 cm³/mol. The molecule has 0 nitrogen and oxygen atoms in total. The summed E-state index contributed by atoms with van der Waals surface area (Å²) in [4.78, 5) is 0. The summed E-state index contributed by atoms with van der Waals surface area (Å²) in [6.07, 6.45) is 0. The summed E-state index contributed by atoms with van der Waals surface area (Å²) in [6.45, 7) is 0. The van der Waals surface area contributed by atoms with Gasteiger partial charge in [0.15, 0.2) is 0 Å². The van der Waals surface area contributed by atoms with Crippen LogP contribution in [0.3, 0.4) is 0 Å². The van der Waals surface area contributed by atoms with Crippen molar-refractivity contribution in [1.29, 1.82) is 0 Å². The molecule has 101 valence electrons. The fourth-order valence-corrected chi connectivity index (χ4v) is 3.52. The maximum atomic E-state index is 3.48. The highest BCUT2D eigenvalue weighted by Gasteiger charge is 2.12. The minimum absolute atomic E-state index is 1.22. The molecule has 0 unspecified atom stereocenters. The van der Waals surface area contributed by atoms with Gasteiger partial charge >= 0.3 is 0 Å². The van der Waals surface area contributed by atoms with E-state index in [2.05, 4.69) is 78.9 Å². The number of hydrogen-bond acceptors (Lipinski definition) is 0. The van der Waals surface area contributed by atoms with Crippen LogP contribution in [0.2, 0.25) is 0 Å². The quantitative estimate of drug-likeness (QED) is 0.327. The van der Waals surface area contributed by atoms with E-state index in [1.54, 1.807) is 0 Å². The van der Waals surface area contributed by atoms with E-state index in [1.165, 1.54) is 43.4 Å². The third kappa shape index (κ3) is 1.52. The van der Waals surface area contributed by atoms with Crippen LogP contribution >= 0.6 is 0 Å². The molecular formula is C22H13. The third-order valence-electron chi connectivity index (χ3n) is 4.50. The maximum absolute atomic E-state index is 3.48. The molecule has 0 aromatic heterocycles. The van der Waals surface area contributed by atoms with E-state index < -0.39 is 0 Å². The minimum Gasteiger partial charge on any atom is -0.0622 e. The summed E-state index contributed by atoms with van der Waals surface area (Å²) in [5.74, 6) is 0. The van der Waals surface area contributed by atoms with Crippen molar-refractivity contribution in [2.45, 2.75) is 0 Å². The van der Waals surface area contributed by atoms with Crippen LogP contribution < -0.4 is 0 Å². The standard InChI is InChI=1S/C22H13/c1-2-6-15(7-3-1)20-14-18-10-4-8-16-12-13-17-9-5-11-19(20)22(17)21(16)18/h1-10,12-14H. The zero-order chi connectivity index (χ0) is 14.5. The van der Waals surface area contributed by atoms with Gasteiger partial charge in [-0.05, 0) is 55.6 Å². The van der Waals surface area contributed by atoms with Crippen molar-refractivity contribution >= 4 is 32.3 Å². The van der Waals surface area contributed by atoms with E-state index in [1.807, 2.05) is 6.07 Å². The SMILES string of the molecule is [c]1ccc2ccc3cccc4cc(-c5ccccc5)c1c2c34. The second-order valence-electron chi connectivity index (χ2n) is 5.75. The molecule has 0 heteroatoms. The predicted octanol–water partition coefficient (Wildman–Crippen LogP) is 6.05. The molecule has 0 heterocycles. The van der Waals surface area contributed by atoms with Gasteiger partial charge in [0.2, 0.25) is 0 Å². The van der Waals surface area contributed by atoms with Crippen molar-refractivity contribution in [1.82, 2.24) is 0 Å². The Morgan fingerprint density at radius 2 is 1.36 bits per heavy atom. The lowest BCUT2D eigenvalue weighted by atomic mass is 9.89. The van der Waals surface area contributed by atoms with Gasteiger partial charge in [-0.1, -0.05) is 72.8 Å². The van der Waals surface area contributed by atoms with Crippen LogP contribution in [-0.2, 0) is 0 Å². The third-order valence-corrected chi connectivity index (χ3v) is 4.50. The monoisotopic (exact) mass is 277 g/mol. The van der Waals surface area contributed by atoms with E-state index >= 15 is 0 Å². The summed E-state index contributed by atoms with van der Waals surface area (Å²) >= 11 is 0. The molecule has 0 aliphatic rings. The molecular weight excluding hydrogens is 264 g/mol. The van der Waals surface area contributed by atoms with Gasteiger partial charge in [0.05, 0.1) is 0 Å². The molecule has 0 fully saturated rings. The number of rotatable bonds is 1. The van der Waals surface area contributed by atoms with Gasteiger partial charge in [0.1, 0.15) is 0 Å². The number of hydrogen-bond donors (Lipinski definition) is 0. The average molecular weight is 277 g/mol. The van der Waals surface area contributed by atoms with Crippen LogP contribution in [0.25, 0.3) is 43.4 Å². The summed E-state index contributed by atoms with van der Waals surface area (Å²) in [7, 11) is 0. The first-order chi connectivity index (χ1) is 10.9. The maximum Gasteiger partial charge on any atom is -0.00139 e. The smallest absolute Gasteiger partial charge is 0.00139 e. The molecule has 5 rings (SSSR count). The zero-order valence-corrected chi connectivity index (χ0v) is 12.0. The highest BCUT2D eigenvalue weighted by molar-refractivity contribution is 6.26. The lowest BCUT2D eigenvalue weighted by Gasteiger charge is -2.14. The second kappa shape index (κ2) is 4.32. The summed E-state index contributed by atoms with van der Waals surface area (Å²) in [5.41, 5.74) is 2.51. The molecule has 0 atom stereocenters. The molecule has 5 aromatic carbocycles. The Labute approximate surface area is 129 Å². The molecule has 0 N–H and O–H groups in total. The summed E-state index contributed by atoms with van der Waals surface area (Å²) in [6, 6.07) is 31.5. The molecule has 1 radical (unpaired) electrons. The second-order valence-corrected chi connectivity index (χ2v) is 5.75. The van der Waals surface area contributed by atoms with Crippen molar-refractivity contribution in [3.05, 3.63) is 84.9 Å². The van der Waals surface area contributed by atoms with Crippen LogP contribution in [-0.4, -0.2) is 0 Å². The van der Waals surface area contributed by atoms with Crippen molar-refractivity contribution in [2.75, 3.05) is 0 Å². The molecule has 0 aliphatic heterocycles. The van der Waals surface area contributed by atoms with Crippen LogP contribution in [0.1, 0.15) is 0 Å².